The number of benzene rings is 1. The van der Waals surface area contributed by atoms with Crippen molar-refractivity contribution in [3.05, 3.63) is 78.9 Å². The van der Waals surface area contributed by atoms with Gasteiger partial charge in [0, 0.05) is 29.3 Å². The molecule has 1 saturated carbocycles. The SMILES string of the molecule is O=c1[nH]c(=S)[nH]c([C@H]2CC[C@H](c3ccccc3)CC2)c1Cc1nccs1. The second-order valence-corrected chi connectivity index (χ2v) is 8.25. The average Bonchev–Trinajstić information content (AvgIpc) is 3.18. The first-order chi connectivity index (χ1) is 12.7. The predicted octanol–water partition coefficient (Wildman–Crippen LogP) is 4.92. The van der Waals surface area contributed by atoms with Crippen LogP contribution in [-0.2, 0) is 6.42 Å². The summed E-state index contributed by atoms with van der Waals surface area (Å²) in [5.41, 5.74) is 3.15. The van der Waals surface area contributed by atoms with E-state index in [4.69, 9.17) is 12.2 Å². The maximum Gasteiger partial charge on any atom is 0.255 e. The monoisotopic (exact) mass is 383 g/mol. The molecule has 2 heterocycles. The summed E-state index contributed by atoms with van der Waals surface area (Å²) in [7, 11) is 0. The number of aromatic amines is 2. The van der Waals surface area contributed by atoms with Crippen LogP contribution in [0.15, 0.2) is 46.7 Å². The van der Waals surface area contributed by atoms with Gasteiger partial charge in [0.05, 0.1) is 5.01 Å². The molecule has 4 nitrogen and oxygen atoms in total. The summed E-state index contributed by atoms with van der Waals surface area (Å²) in [6, 6.07) is 10.7. The lowest BCUT2D eigenvalue weighted by Gasteiger charge is -2.29. The minimum Gasteiger partial charge on any atom is -0.335 e. The molecule has 1 aliphatic carbocycles. The molecule has 0 saturated heterocycles. The highest BCUT2D eigenvalue weighted by Crippen LogP contribution is 2.40. The third-order valence-corrected chi connectivity index (χ3v) is 6.28. The molecule has 0 atom stereocenters. The van der Waals surface area contributed by atoms with Gasteiger partial charge < -0.3 is 4.98 Å². The van der Waals surface area contributed by atoms with Crippen molar-refractivity contribution in [2.24, 2.45) is 0 Å². The van der Waals surface area contributed by atoms with Crippen LogP contribution in [0, 0.1) is 4.77 Å². The molecule has 1 aromatic carbocycles. The van der Waals surface area contributed by atoms with Gasteiger partial charge in [-0.1, -0.05) is 30.3 Å². The number of nitrogens with one attached hydrogen (secondary N) is 2. The molecule has 3 aromatic rings. The van der Waals surface area contributed by atoms with Gasteiger partial charge in [0.2, 0.25) is 0 Å². The van der Waals surface area contributed by atoms with Crippen molar-refractivity contribution in [1.82, 2.24) is 15.0 Å². The van der Waals surface area contributed by atoms with Gasteiger partial charge in [-0.15, -0.1) is 11.3 Å². The fourth-order valence-electron chi connectivity index (χ4n) is 3.99. The Labute approximate surface area is 161 Å². The number of thiazole rings is 1. The number of aromatic nitrogens is 3. The van der Waals surface area contributed by atoms with Crippen LogP contribution in [0.4, 0.5) is 0 Å². The number of hydrogen-bond acceptors (Lipinski definition) is 4. The molecule has 0 radical (unpaired) electrons. The van der Waals surface area contributed by atoms with E-state index in [1.165, 1.54) is 5.56 Å². The summed E-state index contributed by atoms with van der Waals surface area (Å²) in [6.07, 6.45) is 6.76. The van der Waals surface area contributed by atoms with Gasteiger partial charge >= 0.3 is 0 Å². The van der Waals surface area contributed by atoms with Gasteiger partial charge in [-0.05, 0) is 55.3 Å². The molecular formula is C20H21N3OS2. The lowest BCUT2D eigenvalue weighted by Crippen LogP contribution is -2.22. The molecular weight excluding hydrogens is 362 g/mol. The van der Waals surface area contributed by atoms with Crippen LogP contribution >= 0.6 is 23.6 Å². The van der Waals surface area contributed by atoms with Gasteiger partial charge in [0.1, 0.15) is 0 Å². The zero-order valence-corrected chi connectivity index (χ0v) is 16.0. The van der Waals surface area contributed by atoms with Crippen molar-refractivity contribution in [3.63, 3.8) is 0 Å². The van der Waals surface area contributed by atoms with Gasteiger partial charge in [0.25, 0.3) is 5.56 Å². The average molecular weight is 384 g/mol. The van der Waals surface area contributed by atoms with E-state index in [9.17, 15) is 4.79 Å². The molecule has 0 unspecified atom stereocenters. The quantitative estimate of drug-likeness (QED) is 0.629. The van der Waals surface area contributed by atoms with E-state index in [1.54, 1.807) is 17.5 Å². The molecule has 0 spiro atoms. The standard InChI is InChI=1S/C20H21N3OS2/c24-19-16(12-17-21-10-11-26-17)18(22-20(25)23-19)15-8-6-14(7-9-15)13-4-2-1-3-5-13/h1-5,10-11,14-15H,6-9,12H2,(H2,22,23,24,25)/t14-,15-. The molecule has 1 fully saturated rings. The van der Waals surface area contributed by atoms with Crippen LogP contribution < -0.4 is 5.56 Å². The zero-order chi connectivity index (χ0) is 17.9. The highest BCUT2D eigenvalue weighted by Gasteiger charge is 2.26. The summed E-state index contributed by atoms with van der Waals surface area (Å²) in [4.78, 5) is 22.9. The Morgan fingerprint density at radius 2 is 1.81 bits per heavy atom. The van der Waals surface area contributed by atoms with Crippen LogP contribution in [0.1, 0.15) is 59.3 Å². The zero-order valence-electron chi connectivity index (χ0n) is 14.4. The molecule has 0 bridgehead atoms. The molecule has 1 aliphatic rings. The van der Waals surface area contributed by atoms with Gasteiger partial charge in [-0.25, -0.2) is 4.98 Å². The van der Waals surface area contributed by atoms with Crippen molar-refractivity contribution >= 4 is 23.6 Å². The van der Waals surface area contributed by atoms with E-state index in [0.29, 0.717) is 23.0 Å². The van der Waals surface area contributed by atoms with Gasteiger partial charge in [-0.3, -0.25) is 9.78 Å². The second kappa shape index (κ2) is 7.68. The van der Waals surface area contributed by atoms with Crippen LogP contribution in [0.5, 0.6) is 0 Å². The number of H-pyrrole nitrogens is 2. The Balaban J connectivity index is 1.58. The topological polar surface area (TPSA) is 61.5 Å². The van der Waals surface area contributed by atoms with E-state index in [-0.39, 0.29) is 5.56 Å². The molecule has 134 valence electrons. The molecule has 2 aromatic heterocycles. The van der Waals surface area contributed by atoms with Crippen molar-refractivity contribution in [1.29, 1.82) is 0 Å². The Morgan fingerprint density at radius 1 is 1.08 bits per heavy atom. The molecule has 0 amide bonds. The minimum absolute atomic E-state index is 0.0795. The van der Waals surface area contributed by atoms with Gasteiger partial charge in [0.15, 0.2) is 4.77 Å². The number of hydrogen-bond donors (Lipinski definition) is 2. The number of nitrogens with zero attached hydrogens (tertiary/aromatic N) is 1. The third-order valence-electron chi connectivity index (χ3n) is 5.29. The van der Waals surface area contributed by atoms with Crippen molar-refractivity contribution in [3.8, 4) is 0 Å². The Morgan fingerprint density at radius 3 is 2.50 bits per heavy atom. The summed E-state index contributed by atoms with van der Waals surface area (Å²) < 4.78 is 0.415. The highest BCUT2D eigenvalue weighted by atomic mass is 32.1. The third kappa shape index (κ3) is 3.71. The molecule has 2 N–H and O–H groups in total. The van der Waals surface area contributed by atoms with E-state index in [1.807, 2.05) is 5.38 Å². The molecule has 4 rings (SSSR count). The maximum atomic E-state index is 12.6. The first-order valence-corrected chi connectivity index (χ1v) is 10.3. The normalized spacial score (nSPS) is 20.2. The summed E-state index contributed by atoms with van der Waals surface area (Å²) in [6.45, 7) is 0. The van der Waals surface area contributed by atoms with E-state index >= 15 is 0 Å². The number of rotatable bonds is 4. The van der Waals surface area contributed by atoms with Crippen LogP contribution in [0.2, 0.25) is 0 Å². The van der Waals surface area contributed by atoms with Crippen LogP contribution in [0.3, 0.4) is 0 Å². The van der Waals surface area contributed by atoms with Crippen molar-refractivity contribution in [2.45, 2.75) is 43.9 Å². The van der Waals surface area contributed by atoms with E-state index in [0.717, 1.165) is 41.9 Å². The largest absolute Gasteiger partial charge is 0.335 e. The Bertz CT molecular complexity index is 968. The smallest absolute Gasteiger partial charge is 0.255 e. The fraction of sp³-hybridized carbons (Fsp3) is 0.350. The predicted molar refractivity (Wildman–Crippen MR) is 108 cm³/mol. The Hall–Kier alpha value is -2.05. The second-order valence-electron chi connectivity index (χ2n) is 6.86. The summed E-state index contributed by atoms with van der Waals surface area (Å²) >= 11 is 6.82. The lowest BCUT2D eigenvalue weighted by molar-refractivity contribution is 0.389. The summed E-state index contributed by atoms with van der Waals surface area (Å²) in [5, 5.41) is 2.90. The van der Waals surface area contributed by atoms with E-state index in [2.05, 4.69) is 45.3 Å². The molecule has 6 heteroatoms. The fourth-order valence-corrected chi connectivity index (χ4v) is 4.82. The summed E-state index contributed by atoms with van der Waals surface area (Å²) in [5.74, 6) is 0.966. The van der Waals surface area contributed by atoms with Crippen molar-refractivity contribution < 1.29 is 0 Å². The lowest BCUT2D eigenvalue weighted by atomic mass is 9.76. The highest BCUT2D eigenvalue weighted by molar-refractivity contribution is 7.71. The minimum atomic E-state index is -0.0795. The van der Waals surface area contributed by atoms with Crippen LogP contribution in [0.25, 0.3) is 0 Å². The molecule has 26 heavy (non-hydrogen) atoms. The Kier molecular flexibility index (Phi) is 5.13. The van der Waals surface area contributed by atoms with E-state index < -0.39 is 0 Å². The van der Waals surface area contributed by atoms with Gasteiger partial charge in [-0.2, -0.15) is 0 Å². The maximum absolute atomic E-state index is 12.6. The van der Waals surface area contributed by atoms with Crippen molar-refractivity contribution in [2.75, 3.05) is 0 Å². The first-order valence-electron chi connectivity index (χ1n) is 8.99. The molecule has 0 aliphatic heterocycles. The van der Waals surface area contributed by atoms with Crippen LogP contribution in [-0.4, -0.2) is 15.0 Å². The first kappa shape index (κ1) is 17.4.